The second kappa shape index (κ2) is 7.76. The molecule has 5 heteroatoms. The molecule has 26 heavy (non-hydrogen) atoms. The van der Waals surface area contributed by atoms with Crippen LogP contribution in [0.1, 0.15) is 29.5 Å². The fraction of sp³-hybridized carbons (Fsp3) is 0.429. The molecule has 134 valence electrons. The zero-order chi connectivity index (χ0) is 17.8. The molecule has 4 rings (SSSR count). The molecule has 0 spiro atoms. The molecule has 2 aliphatic rings. The third-order valence-corrected chi connectivity index (χ3v) is 5.09. The summed E-state index contributed by atoms with van der Waals surface area (Å²) in [6, 6.07) is 12.1. The molecular weight excluding hydrogens is 326 g/mol. The van der Waals surface area contributed by atoms with Crippen molar-refractivity contribution < 1.29 is 9.47 Å². The third-order valence-electron chi connectivity index (χ3n) is 5.09. The van der Waals surface area contributed by atoms with Gasteiger partial charge in [-0.2, -0.15) is 5.26 Å². The number of benzene rings is 1. The monoisotopic (exact) mass is 349 g/mol. The average molecular weight is 349 g/mol. The number of rotatable bonds is 5. The molecule has 0 bridgehead atoms. The maximum absolute atomic E-state index is 8.96. The van der Waals surface area contributed by atoms with E-state index in [1.165, 1.54) is 24.0 Å². The predicted octanol–water partition coefficient (Wildman–Crippen LogP) is 3.18. The van der Waals surface area contributed by atoms with Crippen LogP contribution in [0.4, 0.5) is 0 Å². The summed E-state index contributed by atoms with van der Waals surface area (Å²) in [6.07, 6.45) is 5.01. The van der Waals surface area contributed by atoms with Crippen molar-refractivity contribution in [1.82, 2.24) is 9.88 Å². The maximum Gasteiger partial charge on any atom is 0.214 e. The number of nitrogens with zero attached hydrogens (tertiary/aromatic N) is 3. The summed E-state index contributed by atoms with van der Waals surface area (Å²) >= 11 is 0. The van der Waals surface area contributed by atoms with Crippen molar-refractivity contribution in [3.05, 3.63) is 53.2 Å². The molecule has 2 aliphatic heterocycles. The first kappa shape index (κ1) is 16.9. The van der Waals surface area contributed by atoms with Crippen molar-refractivity contribution in [2.75, 3.05) is 26.3 Å². The van der Waals surface area contributed by atoms with Gasteiger partial charge in [-0.15, -0.1) is 0 Å². The van der Waals surface area contributed by atoms with Crippen LogP contribution in [0.5, 0.6) is 11.6 Å². The molecule has 0 radical (unpaired) electrons. The number of nitriles is 1. The molecule has 1 aromatic carbocycles. The van der Waals surface area contributed by atoms with E-state index in [2.05, 4.69) is 34.2 Å². The number of hydrogen-bond acceptors (Lipinski definition) is 5. The van der Waals surface area contributed by atoms with Crippen LogP contribution in [0.15, 0.2) is 36.5 Å². The lowest BCUT2D eigenvalue weighted by molar-refractivity contribution is 0.123. The van der Waals surface area contributed by atoms with Gasteiger partial charge in [0.05, 0.1) is 24.8 Å². The average Bonchev–Trinajstić information content (AvgIpc) is 3.15. The van der Waals surface area contributed by atoms with E-state index < -0.39 is 0 Å². The van der Waals surface area contributed by atoms with Crippen LogP contribution in [0.25, 0.3) is 0 Å². The van der Waals surface area contributed by atoms with Crippen molar-refractivity contribution in [3.8, 4) is 17.7 Å². The minimum Gasteiger partial charge on any atom is -0.493 e. The van der Waals surface area contributed by atoms with Gasteiger partial charge in [-0.1, -0.05) is 12.1 Å². The van der Waals surface area contributed by atoms with Crippen molar-refractivity contribution in [1.29, 1.82) is 5.26 Å². The first-order valence-corrected chi connectivity index (χ1v) is 9.26. The van der Waals surface area contributed by atoms with Gasteiger partial charge in [0.15, 0.2) is 0 Å². The van der Waals surface area contributed by atoms with Crippen LogP contribution < -0.4 is 9.47 Å². The van der Waals surface area contributed by atoms with Gasteiger partial charge < -0.3 is 9.47 Å². The molecule has 0 saturated carbocycles. The molecule has 1 saturated heterocycles. The van der Waals surface area contributed by atoms with E-state index in [1.807, 2.05) is 0 Å². The van der Waals surface area contributed by atoms with Gasteiger partial charge in [-0.25, -0.2) is 4.98 Å². The number of aromatic nitrogens is 1. The molecule has 0 amide bonds. The molecule has 3 heterocycles. The first-order valence-electron chi connectivity index (χ1n) is 9.26. The van der Waals surface area contributed by atoms with Gasteiger partial charge in [-0.05, 0) is 42.6 Å². The van der Waals surface area contributed by atoms with Gasteiger partial charge in [0.1, 0.15) is 5.75 Å². The molecule has 0 N–H and O–H groups in total. The largest absolute Gasteiger partial charge is 0.493 e. The van der Waals surface area contributed by atoms with Crippen LogP contribution >= 0.6 is 0 Å². The van der Waals surface area contributed by atoms with Crippen molar-refractivity contribution in [2.45, 2.75) is 25.8 Å². The lowest BCUT2D eigenvalue weighted by Gasteiger charge is -2.32. The van der Waals surface area contributed by atoms with Crippen LogP contribution in [-0.2, 0) is 13.0 Å². The number of piperidine rings is 1. The minimum atomic E-state index is 0.494. The zero-order valence-corrected chi connectivity index (χ0v) is 14.9. The second-order valence-electron chi connectivity index (χ2n) is 7.09. The summed E-state index contributed by atoms with van der Waals surface area (Å²) < 4.78 is 11.4. The van der Waals surface area contributed by atoms with Crippen molar-refractivity contribution >= 4 is 0 Å². The number of fused-ring (bicyclic) bond motifs is 1. The van der Waals surface area contributed by atoms with E-state index in [9.17, 15) is 0 Å². The number of hydrogen-bond donors (Lipinski definition) is 0. The lowest BCUT2D eigenvalue weighted by atomic mass is 9.98. The van der Waals surface area contributed by atoms with E-state index in [0.29, 0.717) is 24.0 Å². The molecule has 1 aromatic heterocycles. The zero-order valence-electron chi connectivity index (χ0n) is 14.9. The van der Waals surface area contributed by atoms with Crippen LogP contribution in [0.3, 0.4) is 0 Å². The van der Waals surface area contributed by atoms with Crippen molar-refractivity contribution in [3.63, 3.8) is 0 Å². The van der Waals surface area contributed by atoms with E-state index in [4.69, 9.17) is 14.7 Å². The summed E-state index contributed by atoms with van der Waals surface area (Å²) in [5.74, 6) is 2.08. The topological polar surface area (TPSA) is 58.4 Å². The fourth-order valence-electron chi connectivity index (χ4n) is 3.79. The maximum atomic E-state index is 8.96. The summed E-state index contributed by atoms with van der Waals surface area (Å²) in [7, 11) is 0. The normalized spacial score (nSPS) is 19.4. The van der Waals surface area contributed by atoms with Gasteiger partial charge in [0.25, 0.3) is 0 Å². The van der Waals surface area contributed by atoms with E-state index in [1.54, 1.807) is 18.3 Å². The lowest BCUT2D eigenvalue weighted by Crippen LogP contribution is -2.37. The third kappa shape index (κ3) is 3.97. The molecule has 2 aromatic rings. The van der Waals surface area contributed by atoms with Gasteiger partial charge in [0, 0.05) is 37.7 Å². The van der Waals surface area contributed by atoms with Crippen LogP contribution in [0.2, 0.25) is 0 Å². The fourth-order valence-corrected chi connectivity index (χ4v) is 3.79. The van der Waals surface area contributed by atoms with Crippen molar-refractivity contribution in [2.24, 2.45) is 5.92 Å². The minimum absolute atomic E-state index is 0.494. The van der Waals surface area contributed by atoms with E-state index in [0.717, 1.165) is 38.4 Å². The summed E-state index contributed by atoms with van der Waals surface area (Å²) in [5.41, 5.74) is 3.28. The Hall–Kier alpha value is -2.58. The smallest absolute Gasteiger partial charge is 0.214 e. The molecular formula is C21H23N3O2. The highest BCUT2D eigenvalue weighted by atomic mass is 16.5. The molecule has 5 nitrogen and oxygen atoms in total. The Morgan fingerprint density at radius 3 is 3.19 bits per heavy atom. The van der Waals surface area contributed by atoms with Gasteiger partial charge >= 0.3 is 0 Å². The standard InChI is InChI=1S/C21H23N3O2/c22-12-16-5-7-23-21(11-16)26-15-18-2-1-8-24(14-18)13-17-3-4-20-19(10-17)6-9-25-20/h3-5,7,10-11,18H,1-2,6,8-9,13-15H2. The van der Waals surface area contributed by atoms with E-state index >= 15 is 0 Å². The number of ether oxygens (including phenoxy) is 2. The highest BCUT2D eigenvalue weighted by Gasteiger charge is 2.21. The predicted molar refractivity (Wildman–Crippen MR) is 98.1 cm³/mol. The molecule has 1 atom stereocenters. The first-order chi connectivity index (χ1) is 12.8. The van der Waals surface area contributed by atoms with Gasteiger partial charge in [0.2, 0.25) is 5.88 Å². The van der Waals surface area contributed by atoms with E-state index in [-0.39, 0.29) is 0 Å². The Morgan fingerprint density at radius 1 is 1.31 bits per heavy atom. The van der Waals surface area contributed by atoms with Crippen LogP contribution in [0, 0.1) is 17.2 Å². The van der Waals surface area contributed by atoms with Gasteiger partial charge in [-0.3, -0.25) is 4.90 Å². The summed E-state index contributed by atoms with van der Waals surface area (Å²) in [5, 5.41) is 8.96. The Morgan fingerprint density at radius 2 is 2.27 bits per heavy atom. The summed E-state index contributed by atoms with van der Waals surface area (Å²) in [6.45, 7) is 4.60. The molecule has 1 fully saturated rings. The number of pyridine rings is 1. The SMILES string of the molecule is N#Cc1ccnc(OCC2CCCN(Cc3ccc4c(c3)CCO4)C2)c1. The summed E-state index contributed by atoms with van der Waals surface area (Å²) in [4.78, 5) is 6.70. The quantitative estimate of drug-likeness (QED) is 0.830. The Balaban J connectivity index is 1.32. The Labute approximate surface area is 154 Å². The molecule has 1 unspecified atom stereocenters. The number of likely N-dealkylation sites (tertiary alicyclic amines) is 1. The molecule has 0 aliphatic carbocycles. The second-order valence-corrected chi connectivity index (χ2v) is 7.09. The van der Waals surface area contributed by atoms with Crippen LogP contribution in [-0.4, -0.2) is 36.2 Å². The Bertz CT molecular complexity index is 815. The highest BCUT2D eigenvalue weighted by molar-refractivity contribution is 5.39. The Kier molecular flexibility index (Phi) is 5.03. The highest BCUT2D eigenvalue weighted by Crippen LogP contribution is 2.27.